The lowest BCUT2D eigenvalue weighted by molar-refractivity contribution is -0.135. The second-order valence-corrected chi connectivity index (χ2v) is 6.36. The normalized spacial score (nSPS) is 34.0. The molecule has 2 saturated heterocycles. The third kappa shape index (κ3) is 3.23. The van der Waals surface area contributed by atoms with Crippen LogP contribution in [0.3, 0.4) is 0 Å². The summed E-state index contributed by atoms with van der Waals surface area (Å²) in [5.41, 5.74) is 2.51. The van der Waals surface area contributed by atoms with Gasteiger partial charge in [0.05, 0.1) is 18.3 Å². The van der Waals surface area contributed by atoms with Gasteiger partial charge < -0.3 is 20.1 Å². The van der Waals surface area contributed by atoms with E-state index in [9.17, 15) is 5.11 Å². The van der Waals surface area contributed by atoms with E-state index in [-0.39, 0.29) is 24.2 Å². The van der Waals surface area contributed by atoms with Crippen molar-refractivity contribution in [3.8, 4) is 0 Å². The Morgan fingerprint density at radius 1 is 1.14 bits per heavy atom. The average molecular weight is 290 g/mol. The molecule has 0 bridgehead atoms. The predicted octanol–water partition coefficient (Wildman–Crippen LogP) is 1.94. The Morgan fingerprint density at radius 3 is 2.43 bits per heavy atom. The number of hydrogen-bond acceptors (Lipinski definition) is 4. The third-order valence-electron chi connectivity index (χ3n) is 4.78. The van der Waals surface area contributed by atoms with Gasteiger partial charge in [-0.3, -0.25) is 0 Å². The van der Waals surface area contributed by atoms with Crippen LogP contribution in [0.1, 0.15) is 31.9 Å². The zero-order valence-corrected chi connectivity index (χ0v) is 13.0. The molecular formula is C17H26N2O2. The first-order chi connectivity index (χ1) is 10.1. The minimum Gasteiger partial charge on any atom is -0.390 e. The van der Waals surface area contributed by atoms with Gasteiger partial charge in [0.25, 0.3) is 0 Å². The molecule has 0 saturated carbocycles. The number of aliphatic hydroxyl groups excluding tert-OH is 1. The van der Waals surface area contributed by atoms with Crippen molar-refractivity contribution in [3.05, 3.63) is 29.8 Å². The van der Waals surface area contributed by atoms with Gasteiger partial charge in [-0.1, -0.05) is 19.1 Å². The van der Waals surface area contributed by atoms with E-state index >= 15 is 0 Å². The van der Waals surface area contributed by atoms with Crippen LogP contribution in [0.25, 0.3) is 0 Å². The van der Waals surface area contributed by atoms with Crippen LogP contribution in [0, 0.1) is 5.92 Å². The number of aliphatic hydroxyl groups is 1. The molecule has 4 unspecified atom stereocenters. The lowest BCUT2D eigenvalue weighted by Gasteiger charge is -2.37. The topological polar surface area (TPSA) is 44.7 Å². The van der Waals surface area contributed by atoms with Crippen molar-refractivity contribution in [2.45, 2.75) is 38.6 Å². The lowest BCUT2D eigenvalue weighted by Crippen LogP contribution is -2.43. The van der Waals surface area contributed by atoms with Gasteiger partial charge in [-0.15, -0.1) is 0 Å². The summed E-state index contributed by atoms with van der Waals surface area (Å²) in [5.74, 6) is 0.284. The number of anilines is 1. The first-order valence-electron chi connectivity index (χ1n) is 8.04. The summed E-state index contributed by atoms with van der Waals surface area (Å²) in [7, 11) is 0. The molecule has 1 aromatic carbocycles. The monoisotopic (exact) mass is 290 g/mol. The van der Waals surface area contributed by atoms with Gasteiger partial charge in [0.2, 0.25) is 0 Å². The molecule has 0 spiro atoms. The first kappa shape index (κ1) is 14.8. The van der Waals surface area contributed by atoms with Crippen molar-refractivity contribution in [3.63, 3.8) is 0 Å². The number of ether oxygens (including phenoxy) is 1. The van der Waals surface area contributed by atoms with Crippen molar-refractivity contribution in [2.75, 3.05) is 31.1 Å². The molecule has 2 aliphatic rings. The molecule has 4 heteroatoms. The minimum atomic E-state index is -0.346. The molecule has 21 heavy (non-hydrogen) atoms. The lowest BCUT2D eigenvalue weighted by atomic mass is 9.88. The van der Waals surface area contributed by atoms with Gasteiger partial charge in [-0.2, -0.15) is 0 Å². The third-order valence-corrected chi connectivity index (χ3v) is 4.78. The van der Waals surface area contributed by atoms with Gasteiger partial charge >= 0.3 is 0 Å². The number of nitrogens with zero attached hydrogens (tertiary/aromatic N) is 1. The summed E-state index contributed by atoms with van der Waals surface area (Å²) < 4.78 is 5.97. The highest BCUT2D eigenvalue weighted by Gasteiger charge is 2.33. The largest absolute Gasteiger partial charge is 0.390 e. The SMILES string of the molecule is CC1CC(c2ccc(N3CCNCC3)cc2)OC(C)C1O. The van der Waals surface area contributed by atoms with Crippen LogP contribution in [0.5, 0.6) is 0 Å². The number of hydrogen-bond donors (Lipinski definition) is 2. The summed E-state index contributed by atoms with van der Waals surface area (Å²) in [6, 6.07) is 8.76. The second-order valence-electron chi connectivity index (χ2n) is 6.36. The number of piperazine rings is 1. The van der Waals surface area contributed by atoms with Crippen LogP contribution in [-0.2, 0) is 4.74 Å². The number of nitrogens with one attached hydrogen (secondary N) is 1. The van der Waals surface area contributed by atoms with E-state index in [1.807, 2.05) is 6.92 Å². The van der Waals surface area contributed by atoms with E-state index in [1.54, 1.807) is 0 Å². The van der Waals surface area contributed by atoms with E-state index in [0.717, 1.165) is 32.6 Å². The Bertz CT molecular complexity index is 444. The molecule has 2 fully saturated rings. The first-order valence-corrected chi connectivity index (χ1v) is 8.04. The predicted molar refractivity (Wildman–Crippen MR) is 84.6 cm³/mol. The second kappa shape index (κ2) is 6.34. The molecule has 116 valence electrons. The molecule has 4 nitrogen and oxygen atoms in total. The van der Waals surface area contributed by atoms with Gasteiger partial charge in [0, 0.05) is 31.9 Å². The van der Waals surface area contributed by atoms with Crippen molar-refractivity contribution in [2.24, 2.45) is 5.92 Å². The maximum atomic E-state index is 9.99. The summed E-state index contributed by atoms with van der Waals surface area (Å²) in [6.45, 7) is 8.31. The highest BCUT2D eigenvalue weighted by molar-refractivity contribution is 5.48. The Hall–Kier alpha value is -1.10. The molecule has 0 aliphatic carbocycles. The van der Waals surface area contributed by atoms with Gasteiger partial charge in [-0.25, -0.2) is 0 Å². The fraction of sp³-hybridized carbons (Fsp3) is 0.647. The van der Waals surface area contributed by atoms with Gasteiger partial charge in [0.1, 0.15) is 0 Å². The van der Waals surface area contributed by atoms with E-state index in [2.05, 4.69) is 41.4 Å². The smallest absolute Gasteiger partial charge is 0.0833 e. The quantitative estimate of drug-likeness (QED) is 0.874. The van der Waals surface area contributed by atoms with Gasteiger partial charge in [-0.05, 0) is 37.0 Å². The Balaban J connectivity index is 1.69. The fourth-order valence-electron chi connectivity index (χ4n) is 3.37. The molecular weight excluding hydrogens is 264 g/mol. The van der Waals surface area contributed by atoms with E-state index in [0.29, 0.717) is 0 Å². The average Bonchev–Trinajstić information content (AvgIpc) is 2.53. The molecule has 2 heterocycles. The summed E-state index contributed by atoms with van der Waals surface area (Å²) in [4.78, 5) is 2.41. The van der Waals surface area contributed by atoms with E-state index in [4.69, 9.17) is 4.74 Å². The van der Waals surface area contributed by atoms with Crippen LogP contribution in [0.4, 0.5) is 5.69 Å². The fourth-order valence-corrected chi connectivity index (χ4v) is 3.37. The van der Waals surface area contributed by atoms with Crippen molar-refractivity contribution in [1.82, 2.24) is 5.32 Å². The minimum absolute atomic E-state index is 0.0911. The molecule has 1 aromatic rings. The Morgan fingerprint density at radius 2 is 1.81 bits per heavy atom. The highest BCUT2D eigenvalue weighted by atomic mass is 16.5. The van der Waals surface area contributed by atoms with Crippen LogP contribution < -0.4 is 10.2 Å². The molecule has 0 radical (unpaired) electrons. The number of rotatable bonds is 2. The van der Waals surface area contributed by atoms with E-state index < -0.39 is 0 Å². The van der Waals surface area contributed by atoms with Crippen LogP contribution >= 0.6 is 0 Å². The summed E-state index contributed by atoms with van der Waals surface area (Å²) in [5, 5.41) is 13.4. The van der Waals surface area contributed by atoms with Crippen molar-refractivity contribution < 1.29 is 9.84 Å². The zero-order valence-electron chi connectivity index (χ0n) is 13.0. The maximum Gasteiger partial charge on any atom is 0.0833 e. The highest BCUT2D eigenvalue weighted by Crippen LogP contribution is 2.35. The molecule has 0 aromatic heterocycles. The van der Waals surface area contributed by atoms with Crippen molar-refractivity contribution in [1.29, 1.82) is 0 Å². The maximum absolute atomic E-state index is 9.99. The zero-order chi connectivity index (χ0) is 14.8. The Labute approximate surface area is 127 Å². The molecule has 2 N–H and O–H groups in total. The molecule has 3 rings (SSSR count). The van der Waals surface area contributed by atoms with Crippen LogP contribution in [0.15, 0.2) is 24.3 Å². The summed E-state index contributed by atoms with van der Waals surface area (Å²) >= 11 is 0. The van der Waals surface area contributed by atoms with E-state index in [1.165, 1.54) is 11.3 Å². The molecule has 4 atom stereocenters. The molecule has 2 aliphatic heterocycles. The Kier molecular flexibility index (Phi) is 4.48. The molecule has 0 amide bonds. The van der Waals surface area contributed by atoms with Gasteiger partial charge in [0.15, 0.2) is 0 Å². The van der Waals surface area contributed by atoms with Crippen LogP contribution in [0.2, 0.25) is 0 Å². The van der Waals surface area contributed by atoms with Crippen molar-refractivity contribution >= 4 is 5.69 Å². The number of benzene rings is 1. The standard InChI is InChI=1S/C17H26N2O2/c1-12-11-16(21-13(2)17(12)20)14-3-5-15(6-4-14)19-9-7-18-8-10-19/h3-6,12-13,16-18,20H,7-11H2,1-2H3. The summed E-state index contributed by atoms with van der Waals surface area (Å²) in [6.07, 6.45) is 0.557. The van der Waals surface area contributed by atoms with Crippen LogP contribution in [-0.4, -0.2) is 43.5 Å².